The van der Waals surface area contributed by atoms with Gasteiger partial charge in [0.2, 0.25) is 0 Å². The fourth-order valence-electron chi connectivity index (χ4n) is 3.05. The van der Waals surface area contributed by atoms with Gasteiger partial charge in [-0.2, -0.15) is 5.10 Å². The average molecular weight is 394 g/mol. The lowest BCUT2D eigenvalue weighted by Crippen LogP contribution is -2.22. The zero-order chi connectivity index (χ0) is 19.7. The molecule has 4 aromatic rings. The molecule has 0 atom stereocenters. The second-order valence-corrected chi connectivity index (χ2v) is 7.40. The third-order valence-corrected chi connectivity index (χ3v) is 5.52. The van der Waals surface area contributed by atoms with Crippen molar-refractivity contribution in [2.45, 2.75) is 31.3 Å². The molecule has 0 saturated carbocycles. The van der Waals surface area contributed by atoms with Crippen LogP contribution in [0, 0.1) is 12.7 Å². The van der Waals surface area contributed by atoms with E-state index in [-0.39, 0.29) is 11.4 Å². The quantitative estimate of drug-likeness (QED) is 0.373. The lowest BCUT2D eigenvalue weighted by molar-refractivity contribution is 0.626. The highest BCUT2D eigenvalue weighted by atomic mass is 32.2. The van der Waals surface area contributed by atoms with E-state index in [9.17, 15) is 9.18 Å². The van der Waals surface area contributed by atoms with Gasteiger partial charge < -0.3 is 0 Å². The number of rotatable bonds is 5. The molecule has 0 N–H and O–H groups in total. The predicted molar refractivity (Wildman–Crippen MR) is 109 cm³/mol. The molecule has 0 bridgehead atoms. The summed E-state index contributed by atoms with van der Waals surface area (Å²) in [5.41, 5.74) is 2.86. The number of hydrogen-bond donors (Lipinski definition) is 0. The number of halogens is 1. The molecule has 2 aromatic heterocycles. The molecule has 0 fully saturated rings. The second kappa shape index (κ2) is 7.59. The fraction of sp³-hybridized carbons (Fsp3) is 0.190. The first-order valence-electron chi connectivity index (χ1n) is 9.00. The van der Waals surface area contributed by atoms with Crippen LogP contribution >= 0.6 is 11.8 Å². The van der Waals surface area contributed by atoms with E-state index >= 15 is 0 Å². The van der Waals surface area contributed by atoms with Crippen molar-refractivity contribution in [2.24, 2.45) is 0 Å². The third-order valence-electron chi connectivity index (χ3n) is 4.51. The Kier molecular flexibility index (Phi) is 5.00. The SMILES string of the molecule is CCn1cc2c(=O)n(-c3ccccc3C)c(SCc3cccc(F)c3)nc2n1. The van der Waals surface area contributed by atoms with Gasteiger partial charge in [0.15, 0.2) is 10.8 Å². The first kappa shape index (κ1) is 18.4. The Balaban J connectivity index is 1.86. The largest absolute Gasteiger partial charge is 0.270 e. The number of aryl methyl sites for hydroxylation is 2. The Morgan fingerprint density at radius 2 is 1.96 bits per heavy atom. The molecule has 28 heavy (non-hydrogen) atoms. The van der Waals surface area contributed by atoms with Gasteiger partial charge in [-0.25, -0.2) is 9.37 Å². The molecule has 0 radical (unpaired) electrons. The Morgan fingerprint density at radius 1 is 1.14 bits per heavy atom. The minimum Gasteiger partial charge on any atom is -0.270 e. The van der Waals surface area contributed by atoms with Gasteiger partial charge >= 0.3 is 0 Å². The topological polar surface area (TPSA) is 52.7 Å². The molecular weight excluding hydrogens is 375 g/mol. The molecule has 5 nitrogen and oxygen atoms in total. The summed E-state index contributed by atoms with van der Waals surface area (Å²) in [6.45, 7) is 4.58. The van der Waals surface area contributed by atoms with Crippen LogP contribution in [0.4, 0.5) is 4.39 Å². The molecule has 2 heterocycles. The Hall–Kier alpha value is -2.93. The molecule has 0 saturated heterocycles. The molecule has 0 unspecified atom stereocenters. The highest BCUT2D eigenvalue weighted by Crippen LogP contribution is 2.25. The van der Waals surface area contributed by atoms with Crippen LogP contribution < -0.4 is 5.56 Å². The maximum Gasteiger partial charge on any atom is 0.269 e. The minimum atomic E-state index is -0.278. The van der Waals surface area contributed by atoms with Crippen molar-refractivity contribution in [3.8, 4) is 5.69 Å². The molecule has 2 aromatic carbocycles. The second-order valence-electron chi connectivity index (χ2n) is 6.46. The highest BCUT2D eigenvalue weighted by Gasteiger charge is 2.17. The Labute approximate surface area is 165 Å². The fourth-order valence-corrected chi connectivity index (χ4v) is 3.99. The van der Waals surface area contributed by atoms with Crippen molar-refractivity contribution in [2.75, 3.05) is 0 Å². The van der Waals surface area contributed by atoms with E-state index < -0.39 is 0 Å². The number of fused-ring (bicyclic) bond motifs is 1. The average Bonchev–Trinajstić information content (AvgIpc) is 3.11. The van der Waals surface area contributed by atoms with E-state index in [1.54, 1.807) is 21.5 Å². The van der Waals surface area contributed by atoms with Crippen LogP contribution in [0.5, 0.6) is 0 Å². The number of para-hydroxylation sites is 1. The Morgan fingerprint density at radius 3 is 2.71 bits per heavy atom. The number of thioether (sulfide) groups is 1. The first-order chi connectivity index (χ1) is 13.6. The molecule has 0 spiro atoms. The molecule has 7 heteroatoms. The van der Waals surface area contributed by atoms with Crippen LogP contribution in [0.3, 0.4) is 0 Å². The zero-order valence-electron chi connectivity index (χ0n) is 15.6. The summed E-state index contributed by atoms with van der Waals surface area (Å²) < 4.78 is 16.9. The van der Waals surface area contributed by atoms with Crippen LogP contribution in [-0.2, 0) is 12.3 Å². The predicted octanol–water partition coefficient (Wildman–Crippen LogP) is 4.34. The van der Waals surface area contributed by atoms with Gasteiger partial charge in [-0.1, -0.05) is 42.1 Å². The van der Waals surface area contributed by atoms with Crippen molar-refractivity contribution < 1.29 is 4.39 Å². The molecular formula is C21H19FN4OS. The molecule has 0 aliphatic carbocycles. The van der Waals surface area contributed by atoms with E-state index in [1.807, 2.05) is 44.2 Å². The van der Waals surface area contributed by atoms with Gasteiger partial charge in [0, 0.05) is 18.5 Å². The minimum absolute atomic E-state index is 0.152. The standard InChI is InChI=1S/C21H19FN4OS/c1-3-25-12-17-19(24-25)23-21(28-13-15-8-6-9-16(22)11-15)26(20(17)27)18-10-5-4-7-14(18)2/h4-12H,3,13H2,1-2H3. The monoisotopic (exact) mass is 394 g/mol. The molecule has 0 amide bonds. The van der Waals surface area contributed by atoms with E-state index in [0.29, 0.717) is 28.5 Å². The Bertz CT molecular complexity index is 1210. The summed E-state index contributed by atoms with van der Waals surface area (Å²) in [6.07, 6.45) is 1.74. The number of nitrogens with zero attached hydrogens (tertiary/aromatic N) is 4. The van der Waals surface area contributed by atoms with E-state index in [2.05, 4.69) is 10.1 Å². The molecule has 142 valence electrons. The van der Waals surface area contributed by atoms with Crippen LogP contribution in [0.25, 0.3) is 16.7 Å². The summed E-state index contributed by atoms with van der Waals surface area (Å²) in [6, 6.07) is 14.1. The van der Waals surface area contributed by atoms with Crippen LogP contribution in [0.1, 0.15) is 18.1 Å². The summed E-state index contributed by atoms with van der Waals surface area (Å²) in [4.78, 5) is 18.0. The van der Waals surface area contributed by atoms with Crippen molar-refractivity contribution in [3.63, 3.8) is 0 Å². The van der Waals surface area contributed by atoms with E-state index in [4.69, 9.17) is 0 Å². The first-order valence-corrected chi connectivity index (χ1v) is 9.99. The summed E-state index contributed by atoms with van der Waals surface area (Å²) in [5, 5.41) is 5.42. The van der Waals surface area contributed by atoms with Gasteiger partial charge in [-0.3, -0.25) is 14.0 Å². The normalized spacial score (nSPS) is 11.2. The van der Waals surface area contributed by atoms with E-state index in [1.165, 1.54) is 23.9 Å². The lowest BCUT2D eigenvalue weighted by Gasteiger charge is -2.13. The number of benzene rings is 2. The third kappa shape index (κ3) is 3.45. The lowest BCUT2D eigenvalue weighted by atomic mass is 10.2. The smallest absolute Gasteiger partial charge is 0.269 e. The van der Waals surface area contributed by atoms with Gasteiger partial charge in [0.05, 0.1) is 5.69 Å². The van der Waals surface area contributed by atoms with Crippen LogP contribution in [-0.4, -0.2) is 19.3 Å². The van der Waals surface area contributed by atoms with Gasteiger partial charge in [-0.05, 0) is 43.2 Å². The van der Waals surface area contributed by atoms with Crippen molar-refractivity contribution >= 4 is 22.8 Å². The van der Waals surface area contributed by atoms with E-state index in [0.717, 1.165) is 16.8 Å². The van der Waals surface area contributed by atoms with Crippen LogP contribution in [0.15, 0.2) is 64.7 Å². The highest BCUT2D eigenvalue weighted by molar-refractivity contribution is 7.98. The summed E-state index contributed by atoms with van der Waals surface area (Å²) in [5.74, 6) is 0.218. The van der Waals surface area contributed by atoms with Gasteiger partial charge in [0.25, 0.3) is 5.56 Å². The molecule has 4 rings (SSSR count). The van der Waals surface area contributed by atoms with Gasteiger partial charge in [0.1, 0.15) is 11.2 Å². The number of hydrogen-bond acceptors (Lipinski definition) is 4. The van der Waals surface area contributed by atoms with Crippen molar-refractivity contribution in [1.29, 1.82) is 0 Å². The molecule has 0 aliphatic heterocycles. The maximum atomic E-state index is 13.5. The van der Waals surface area contributed by atoms with Crippen molar-refractivity contribution in [3.05, 3.63) is 82.0 Å². The zero-order valence-corrected chi connectivity index (χ0v) is 16.4. The van der Waals surface area contributed by atoms with Gasteiger partial charge in [-0.15, -0.1) is 0 Å². The maximum absolute atomic E-state index is 13.5. The van der Waals surface area contributed by atoms with Crippen molar-refractivity contribution in [1.82, 2.24) is 19.3 Å². The summed E-state index contributed by atoms with van der Waals surface area (Å²) >= 11 is 1.39. The van der Waals surface area contributed by atoms with Crippen LogP contribution in [0.2, 0.25) is 0 Å². The summed E-state index contributed by atoms with van der Waals surface area (Å²) in [7, 11) is 0. The number of aromatic nitrogens is 4. The molecule has 0 aliphatic rings.